The third kappa shape index (κ3) is 3.50. The summed E-state index contributed by atoms with van der Waals surface area (Å²) in [7, 11) is 0. The number of carbonyl (C=O) groups is 1. The Morgan fingerprint density at radius 2 is 2.12 bits per heavy atom. The lowest BCUT2D eigenvalue weighted by atomic mass is 10.1. The van der Waals surface area contributed by atoms with E-state index in [0.29, 0.717) is 31.1 Å². The number of ether oxygens (including phenoxy) is 3. The van der Waals surface area contributed by atoms with Crippen LogP contribution in [0, 0.1) is 6.92 Å². The fraction of sp³-hybridized carbons (Fsp3) is 0.389. The van der Waals surface area contributed by atoms with Gasteiger partial charge >= 0.3 is 0 Å². The Bertz CT molecular complexity index is 778. The fourth-order valence-corrected chi connectivity index (χ4v) is 3.01. The molecule has 7 nitrogen and oxygen atoms in total. The summed E-state index contributed by atoms with van der Waals surface area (Å²) < 4.78 is 16.5. The van der Waals surface area contributed by atoms with Crippen LogP contribution in [0.1, 0.15) is 17.7 Å². The first-order valence-corrected chi connectivity index (χ1v) is 8.31. The molecule has 2 aliphatic rings. The van der Waals surface area contributed by atoms with Gasteiger partial charge in [0.15, 0.2) is 11.5 Å². The van der Waals surface area contributed by atoms with Crippen molar-refractivity contribution in [2.75, 3.05) is 19.9 Å². The minimum Gasteiger partial charge on any atom is -0.471 e. The first kappa shape index (κ1) is 15.7. The maximum absolute atomic E-state index is 12.5. The lowest BCUT2D eigenvalue weighted by Gasteiger charge is -2.17. The largest absolute Gasteiger partial charge is 0.471 e. The predicted octanol–water partition coefficient (Wildman–Crippen LogP) is 1.74. The molecule has 0 aliphatic carbocycles. The zero-order valence-electron chi connectivity index (χ0n) is 14.0. The van der Waals surface area contributed by atoms with E-state index in [0.717, 1.165) is 23.4 Å². The molecule has 1 aromatic carbocycles. The van der Waals surface area contributed by atoms with Crippen LogP contribution in [0.3, 0.4) is 0 Å². The van der Waals surface area contributed by atoms with Gasteiger partial charge in [-0.2, -0.15) is 5.10 Å². The third-order valence-corrected chi connectivity index (χ3v) is 4.35. The van der Waals surface area contributed by atoms with Crippen LogP contribution in [0.4, 0.5) is 0 Å². The Kier molecular flexibility index (Phi) is 4.13. The average molecular weight is 341 g/mol. The Morgan fingerprint density at radius 1 is 1.24 bits per heavy atom. The van der Waals surface area contributed by atoms with Crippen LogP contribution in [0.15, 0.2) is 30.3 Å². The number of carbonyl (C=O) groups excluding carboxylic acids is 1. The second kappa shape index (κ2) is 6.58. The van der Waals surface area contributed by atoms with Gasteiger partial charge in [0.1, 0.15) is 6.10 Å². The summed E-state index contributed by atoms with van der Waals surface area (Å²) in [5.41, 5.74) is 1.77. The summed E-state index contributed by atoms with van der Waals surface area (Å²) in [6, 6.07) is 9.28. The van der Waals surface area contributed by atoms with E-state index in [1.54, 1.807) is 6.07 Å². The third-order valence-electron chi connectivity index (χ3n) is 4.35. The molecule has 0 saturated carbocycles. The second-order valence-corrected chi connectivity index (χ2v) is 6.25. The Hall–Kier alpha value is -2.83. The fourth-order valence-electron chi connectivity index (χ4n) is 3.01. The zero-order valence-corrected chi connectivity index (χ0v) is 14.0. The van der Waals surface area contributed by atoms with Crippen molar-refractivity contribution in [3.05, 3.63) is 41.6 Å². The number of amides is 1. The van der Waals surface area contributed by atoms with Gasteiger partial charge in [0.05, 0.1) is 18.7 Å². The van der Waals surface area contributed by atoms with E-state index in [2.05, 4.69) is 10.2 Å². The van der Waals surface area contributed by atoms with Crippen LogP contribution in [0.5, 0.6) is 17.4 Å². The van der Waals surface area contributed by atoms with E-state index in [4.69, 9.17) is 14.2 Å². The number of likely N-dealkylation sites (tertiary alicyclic amines) is 1. The number of rotatable bonds is 4. The number of fused-ring (bicyclic) bond motifs is 1. The van der Waals surface area contributed by atoms with Gasteiger partial charge in [-0.3, -0.25) is 4.79 Å². The molecule has 1 saturated heterocycles. The number of aryl methyl sites for hydroxylation is 1. The normalized spacial score (nSPS) is 18.4. The van der Waals surface area contributed by atoms with Crippen molar-refractivity contribution in [1.29, 1.82) is 0 Å². The van der Waals surface area contributed by atoms with E-state index in [-0.39, 0.29) is 18.8 Å². The number of hydrogen-bond acceptors (Lipinski definition) is 6. The molecular weight excluding hydrogens is 322 g/mol. The molecule has 2 aromatic rings. The maximum Gasteiger partial charge on any atom is 0.233 e. The molecule has 0 spiro atoms. The molecule has 4 rings (SSSR count). The van der Waals surface area contributed by atoms with E-state index in [1.807, 2.05) is 36.1 Å². The molecule has 0 unspecified atom stereocenters. The highest BCUT2D eigenvalue weighted by atomic mass is 16.7. The molecule has 0 radical (unpaired) electrons. The highest BCUT2D eigenvalue weighted by Gasteiger charge is 2.28. The molecule has 7 heteroatoms. The summed E-state index contributed by atoms with van der Waals surface area (Å²) in [5, 5.41) is 7.99. The number of aromatic nitrogens is 2. The second-order valence-electron chi connectivity index (χ2n) is 6.25. The van der Waals surface area contributed by atoms with E-state index in [9.17, 15) is 4.79 Å². The number of benzene rings is 1. The minimum absolute atomic E-state index is 0.0438. The van der Waals surface area contributed by atoms with Crippen molar-refractivity contribution in [3.63, 3.8) is 0 Å². The van der Waals surface area contributed by atoms with Crippen molar-refractivity contribution < 1.29 is 19.0 Å². The van der Waals surface area contributed by atoms with Gasteiger partial charge < -0.3 is 19.1 Å². The van der Waals surface area contributed by atoms with Crippen LogP contribution in [-0.2, 0) is 11.2 Å². The molecule has 1 atom stereocenters. The van der Waals surface area contributed by atoms with E-state index < -0.39 is 0 Å². The summed E-state index contributed by atoms with van der Waals surface area (Å²) in [6.45, 7) is 3.37. The highest BCUT2D eigenvalue weighted by molar-refractivity contribution is 5.79. The van der Waals surface area contributed by atoms with Gasteiger partial charge in [-0.15, -0.1) is 5.10 Å². The van der Waals surface area contributed by atoms with Gasteiger partial charge in [-0.1, -0.05) is 6.07 Å². The number of nitrogens with zero attached hydrogens (tertiary/aromatic N) is 3. The molecule has 130 valence electrons. The minimum atomic E-state index is -0.0438. The summed E-state index contributed by atoms with van der Waals surface area (Å²) in [5.74, 6) is 2.01. The Labute approximate surface area is 145 Å². The lowest BCUT2D eigenvalue weighted by Crippen LogP contribution is -2.32. The van der Waals surface area contributed by atoms with Crippen LogP contribution in [0.25, 0.3) is 0 Å². The van der Waals surface area contributed by atoms with Crippen molar-refractivity contribution in [2.24, 2.45) is 0 Å². The molecule has 3 heterocycles. The summed E-state index contributed by atoms with van der Waals surface area (Å²) in [4.78, 5) is 14.4. The molecule has 1 amide bonds. The molecule has 0 bridgehead atoms. The molecule has 1 fully saturated rings. The van der Waals surface area contributed by atoms with Gasteiger partial charge in [0.25, 0.3) is 0 Å². The first-order valence-electron chi connectivity index (χ1n) is 8.31. The smallest absolute Gasteiger partial charge is 0.233 e. The van der Waals surface area contributed by atoms with E-state index >= 15 is 0 Å². The lowest BCUT2D eigenvalue weighted by molar-refractivity contribution is -0.129. The molecule has 0 N–H and O–H groups in total. The SMILES string of the molecule is Cc1ccc(O[C@@H]2CCN(C(=O)Cc3ccc4c(c3)OCO4)C2)nn1. The summed E-state index contributed by atoms with van der Waals surface area (Å²) in [6.07, 6.45) is 1.09. The van der Waals surface area contributed by atoms with Crippen LogP contribution in [0.2, 0.25) is 0 Å². The van der Waals surface area contributed by atoms with Crippen LogP contribution >= 0.6 is 0 Å². The van der Waals surface area contributed by atoms with Crippen molar-refractivity contribution in [2.45, 2.75) is 25.9 Å². The quantitative estimate of drug-likeness (QED) is 0.843. The van der Waals surface area contributed by atoms with Crippen LogP contribution < -0.4 is 14.2 Å². The Balaban J connectivity index is 1.33. The molecule has 1 aromatic heterocycles. The standard InChI is InChI=1S/C18H19N3O4/c1-12-2-5-17(20-19-12)25-14-6-7-21(10-14)18(22)9-13-3-4-15-16(8-13)24-11-23-15/h2-5,8,14H,6-7,9-11H2,1H3/t14-/m1/s1. The maximum atomic E-state index is 12.5. The topological polar surface area (TPSA) is 73.8 Å². The van der Waals surface area contributed by atoms with Gasteiger partial charge in [0, 0.05) is 19.0 Å². The van der Waals surface area contributed by atoms with Gasteiger partial charge in [-0.05, 0) is 30.7 Å². The summed E-state index contributed by atoms with van der Waals surface area (Å²) >= 11 is 0. The first-order chi connectivity index (χ1) is 12.2. The average Bonchev–Trinajstić information content (AvgIpc) is 3.26. The number of hydrogen-bond donors (Lipinski definition) is 0. The molecule has 25 heavy (non-hydrogen) atoms. The van der Waals surface area contributed by atoms with Crippen LogP contribution in [-0.4, -0.2) is 47.0 Å². The predicted molar refractivity (Wildman–Crippen MR) is 88.7 cm³/mol. The highest BCUT2D eigenvalue weighted by Crippen LogP contribution is 2.32. The van der Waals surface area contributed by atoms with Gasteiger partial charge in [-0.25, -0.2) is 0 Å². The van der Waals surface area contributed by atoms with E-state index in [1.165, 1.54) is 0 Å². The molecule has 2 aliphatic heterocycles. The zero-order chi connectivity index (χ0) is 17.2. The van der Waals surface area contributed by atoms with Gasteiger partial charge in [0.2, 0.25) is 18.6 Å². The van der Waals surface area contributed by atoms with Crippen molar-refractivity contribution in [1.82, 2.24) is 15.1 Å². The monoisotopic (exact) mass is 341 g/mol. The van der Waals surface area contributed by atoms with Crippen molar-refractivity contribution >= 4 is 5.91 Å². The molecular formula is C18H19N3O4. The van der Waals surface area contributed by atoms with Crippen molar-refractivity contribution in [3.8, 4) is 17.4 Å². The Morgan fingerprint density at radius 3 is 2.96 bits per heavy atom.